The van der Waals surface area contributed by atoms with Crippen molar-refractivity contribution < 1.29 is 19.2 Å². The second-order valence-corrected chi connectivity index (χ2v) is 4.80. The van der Waals surface area contributed by atoms with Crippen molar-refractivity contribution in [1.82, 2.24) is 10.3 Å². The number of nitro groups is 1. The van der Waals surface area contributed by atoms with Crippen molar-refractivity contribution in [3.8, 4) is 0 Å². The van der Waals surface area contributed by atoms with Gasteiger partial charge in [0.15, 0.2) is 0 Å². The molecule has 21 heavy (non-hydrogen) atoms. The van der Waals surface area contributed by atoms with E-state index in [0.29, 0.717) is 12.8 Å². The molecule has 1 aromatic heterocycles. The van der Waals surface area contributed by atoms with Crippen LogP contribution >= 0.6 is 0 Å². The van der Waals surface area contributed by atoms with Crippen molar-refractivity contribution in [3.63, 3.8) is 0 Å². The van der Waals surface area contributed by atoms with Gasteiger partial charge in [-0.3, -0.25) is 9.59 Å². The number of esters is 1. The minimum atomic E-state index is -0.659. The Morgan fingerprint density at radius 1 is 1.43 bits per heavy atom. The van der Waals surface area contributed by atoms with Crippen LogP contribution in [0.3, 0.4) is 0 Å². The molecule has 2 atom stereocenters. The van der Waals surface area contributed by atoms with Gasteiger partial charge in [0.1, 0.15) is 6.10 Å². The van der Waals surface area contributed by atoms with Crippen LogP contribution < -0.4 is 5.32 Å². The first-order valence-corrected chi connectivity index (χ1v) is 6.57. The number of nitrogens with zero attached hydrogens (tertiary/aromatic N) is 2. The monoisotopic (exact) mass is 293 g/mol. The van der Waals surface area contributed by atoms with E-state index in [1.54, 1.807) is 0 Å². The fourth-order valence-corrected chi connectivity index (χ4v) is 2.34. The largest absolute Gasteiger partial charge is 0.460 e. The summed E-state index contributed by atoms with van der Waals surface area (Å²) in [6.45, 7) is 1.32. The molecular formula is C13H15N3O5. The quantitative estimate of drug-likeness (QED) is 0.507. The summed E-state index contributed by atoms with van der Waals surface area (Å²) in [7, 11) is 0. The zero-order valence-electron chi connectivity index (χ0n) is 11.4. The third-order valence-electron chi connectivity index (χ3n) is 3.24. The van der Waals surface area contributed by atoms with Crippen LogP contribution in [0.25, 0.3) is 0 Å². The van der Waals surface area contributed by atoms with E-state index in [2.05, 4.69) is 10.3 Å². The fraction of sp³-hybridized carbons (Fsp3) is 0.462. The van der Waals surface area contributed by atoms with Gasteiger partial charge in [-0.05, 0) is 41.3 Å². The SMILES string of the molecule is CC(=O)O[C@H]1CCC[C@@H]1NC(=O)c1cccc([N+](=O)[O-])n1. The molecule has 1 N–H and O–H groups in total. The number of nitrogens with one attached hydrogen (secondary N) is 1. The molecule has 1 saturated carbocycles. The van der Waals surface area contributed by atoms with Gasteiger partial charge in [0.05, 0.1) is 6.04 Å². The highest BCUT2D eigenvalue weighted by Crippen LogP contribution is 2.22. The second kappa shape index (κ2) is 6.29. The third kappa shape index (κ3) is 3.74. The van der Waals surface area contributed by atoms with E-state index in [9.17, 15) is 19.7 Å². The summed E-state index contributed by atoms with van der Waals surface area (Å²) in [6.07, 6.45) is 1.86. The second-order valence-electron chi connectivity index (χ2n) is 4.80. The Morgan fingerprint density at radius 3 is 2.86 bits per heavy atom. The maximum atomic E-state index is 12.1. The van der Waals surface area contributed by atoms with E-state index in [1.807, 2.05) is 0 Å². The molecule has 1 aromatic rings. The van der Waals surface area contributed by atoms with Crippen molar-refractivity contribution in [2.75, 3.05) is 0 Å². The predicted molar refractivity (Wildman–Crippen MR) is 71.6 cm³/mol. The number of rotatable bonds is 4. The van der Waals surface area contributed by atoms with Crippen LogP contribution in [0.15, 0.2) is 18.2 Å². The van der Waals surface area contributed by atoms with Gasteiger partial charge in [-0.15, -0.1) is 0 Å². The van der Waals surface area contributed by atoms with Gasteiger partial charge in [0, 0.05) is 13.0 Å². The number of hydrogen-bond donors (Lipinski definition) is 1. The molecule has 0 bridgehead atoms. The molecule has 0 spiro atoms. The van der Waals surface area contributed by atoms with Gasteiger partial charge in [-0.1, -0.05) is 0 Å². The molecule has 1 aliphatic rings. The lowest BCUT2D eigenvalue weighted by molar-refractivity contribution is -0.389. The first kappa shape index (κ1) is 14.9. The maximum absolute atomic E-state index is 12.1. The van der Waals surface area contributed by atoms with Gasteiger partial charge in [-0.25, -0.2) is 0 Å². The van der Waals surface area contributed by atoms with Gasteiger partial charge >= 0.3 is 11.8 Å². The molecule has 8 heteroatoms. The minimum Gasteiger partial charge on any atom is -0.460 e. The Hall–Kier alpha value is -2.51. The third-order valence-corrected chi connectivity index (χ3v) is 3.24. The number of carbonyl (C=O) groups excluding carboxylic acids is 2. The highest BCUT2D eigenvalue weighted by atomic mass is 16.6. The molecule has 8 nitrogen and oxygen atoms in total. The average molecular weight is 293 g/mol. The standard InChI is InChI=1S/C13H15N3O5/c1-8(17)21-11-6-2-4-9(11)15-13(18)10-5-3-7-12(14-10)16(19)20/h3,5,7,9,11H,2,4,6H2,1H3,(H,15,18)/t9-,11-/m0/s1. The first-order chi connectivity index (χ1) is 9.97. The maximum Gasteiger partial charge on any atom is 0.364 e. The molecule has 1 aliphatic carbocycles. The van der Waals surface area contributed by atoms with Crippen LogP contribution in [0.1, 0.15) is 36.7 Å². The molecule has 0 radical (unpaired) electrons. The van der Waals surface area contributed by atoms with E-state index in [4.69, 9.17) is 4.74 Å². The van der Waals surface area contributed by atoms with Gasteiger partial charge < -0.3 is 20.2 Å². The summed E-state index contributed by atoms with van der Waals surface area (Å²) in [6, 6.07) is 3.73. The van der Waals surface area contributed by atoms with Crippen molar-refractivity contribution in [2.24, 2.45) is 0 Å². The number of aromatic nitrogens is 1. The number of pyridine rings is 1. The summed E-state index contributed by atoms with van der Waals surface area (Å²) in [5.74, 6) is -1.29. The van der Waals surface area contributed by atoms with Crippen molar-refractivity contribution in [1.29, 1.82) is 0 Å². The van der Waals surface area contributed by atoms with Crippen LogP contribution in [0.4, 0.5) is 5.82 Å². The van der Waals surface area contributed by atoms with Crippen LogP contribution in [-0.2, 0) is 9.53 Å². The summed E-state index contributed by atoms with van der Waals surface area (Å²) < 4.78 is 5.14. The smallest absolute Gasteiger partial charge is 0.364 e. The molecule has 1 amide bonds. The molecular weight excluding hydrogens is 278 g/mol. The lowest BCUT2D eigenvalue weighted by atomic mass is 10.2. The summed E-state index contributed by atoms with van der Waals surface area (Å²) in [4.78, 5) is 36.7. The predicted octanol–water partition coefficient (Wildman–Crippen LogP) is 1.20. The van der Waals surface area contributed by atoms with Crippen molar-refractivity contribution in [2.45, 2.75) is 38.3 Å². The summed E-state index contributed by atoms with van der Waals surface area (Å²) >= 11 is 0. The van der Waals surface area contributed by atoms with E-state index in [-0.39, 0.29) is 23.7 Å². The number of amides is 1. The zero-order valence-corrected chi connectivity index (χ0v) is 11.4. The number of hydrogen-bond acceptors (Lipinski definition) is 6. The van der Waals surface area contributed by atoms with Crippen molar-refractivity contribution in [3.05, 3.63) is 34.0 Å². The van der Waals surface area contributed by atoms with Gasteiger partial charge in [-0.2, -0.15) is 0 Å². The van der Waals surface area contributed by atoms with E-state index in [0.717, 1.165) is 6.42 Å². The van der Waals surface area contributed by atoms with E-state index in [1.165, 1.54) is 25.1 Å². The topological polar surface area (TPSA) is 111 Å². The van der Waals surface area contributed by atoms with E-state index >= 15 is 0 Å². The Bertz CT molecular complexity index is 575. The van der Waals surface area contributed by atoms with Crippen LogP contribution in [0, 0.1) is 10.1 Å². The van der Waals surface area contributed by atoms with Gasteiger partial charge in [0.25, 0.3) is 5.91 Å². The Balaban J connectivity index is 2.05. The summed E-state index contributed by atoms with van der Waals surface area (Å²) in [5, 5.41) is 13.4. The zero-order chi connectivity index (χ0) is 15.4. The first-order valence-electron chi connectivity index (χ1n) is 6.57. The molecule has 112 valence electrons. The van der Waals surface area contributed by atoms with E-state index < -0.39 is 16.8 Å². The number of ether oxygens (including phenoxy) is 1. The molecule has 0 unspecified atom stereocenters. The van der Waals surface area contributed by atoms with Crippen LogP contribution in [0.2, 0.25) is 0 Å². The van der Waals surface area contributed by atoms with Crippen LogP contribution in [0.5, 0.6) is 0 Å². The molecule has 0 aromatic carbocycles. The van der Waals surface area contributed by atoms with Crippen molar-refractivity contribution >= 4 is 17.7 Å². The number of carbonyl (C=O) groups is 2. The summed E-state index contributed by atoms with van der Waals surface area (Å²) in [5.41, 5.74) is -0.0299. The molecule has 2 rings (SSSR count). The molecule has 0 saturated heterocycles. The lowest BCUT2D eigenvalue weighted by Gasteiger charge is -2.19. The Morgan fingerprint density at radius 2 is 2.19 bits per heavy atom. The minimum absolute atomic E-state index is 0.0299. The molecule has 1 fully saturated rings. The molecule has 0 aliphatic heterocycles. The van der Waals surface area contributed by atoms with Crippen LogP contribution in [-0.4, -0.2) is 33.9 Å². The Kier molecular flexibility index (Phi) is 4.46. The highest BCUT2D eigenvalue weighted by molar-refractivity contribution is 5.92. The average Bonchev–Trinajstić information content (AvgIpc) is 2.85. The van der Waals surface area contributed by atoms with Gasteiger partial charge in [0.2, 0.25) is 5.69 Å². The highest BCUT2D eigenvalue weighted by Gasteiger charge is 2.32. The fourth-order valence-electron chi connectivity index (χ4n) is 2.34. The lowest BCUT2D eigenvalue weighted by Crippen LogP contribution is -2.42. The normalized spacial score (nSPS) is 20.8. The molecule has 1 heterocycles. The Labute approximate surface area is 120 Å².